The largest absolute Gasteiger partial charge is 0.311 e. The smallest absolute Gasteiger partial charge is 0.00818 e. The molecule has 0 spiro atoms. The zero-order valence-corrected chi connectivity index (χ0v) is 10.9. The molecular weight excluding hydrogens is 194 g/mol. The molecule has 1 nitrogen and oxygen atoms in total. The highest BCUT2D eigenvalue weighted by Crippen LogP contribution is 2.21. The fraction of sp³-hybridized carbons (Fsp3) is 0.600. The highest BCUT2D eigenvalue weighted by atomic mass is 15.0. The second-order valence-corrected chi connectivity index (χ2v) is 5.41. The lowest BCUT2D eigenvalue weighted by molar-refractivity contribution is 0.541. The Hall–Kier alpha value is -0.820. The van der Waals surface area contributed by atoms with Gasteiger partial charge in [-0.1, -0.05) is 12.1 Å². The molecule has 0 aliphatic heterocycles. The summed E-state index contributed by atoms with van der Waals surface area (Å²) in [4.78, 5) is 0. The van der Waals surface area contributed by atoms with Gasteiger partial charge in [-0.3, -0.25) is 0 Å². The zero-order chi connectivity index (χ0) is 11.7. The van der Waals surface area contributed by atoms with Crippen molar-refractivity contribution < 1.29 is 0 Å². The van der Waals surface area contributed by atoms with E-state index in [9.17, 15) is 0 Å². The van der Waals surface area contributed by atoms with Gasteiger partial charge in [-0.25, -0.2) is 0 Å². The third-order valence-corrected chi connectivity index (χ3v) is 3.58. The Morgan fingerprint density at radius 3 is 2.38 bits per heavy atom. The first kappa shape index (κ1) is 11.7. The van der Waals surface area contributed by atoms with E-state index in [2.05, 4.69) is 45.1 Å². The molecule has 1 heteroatoms. The van der Waals surface area contributed by atoms with Gasteiger partial charge >= 0.3 is 0 Å². The van der Waals surface area contributed by atoms with Crippen LogP contribution in [0.2, 0.25) is 0 Å². The van der Waals surface area contributed by atoms with E-state index >= 15 is 0 Å². The molecule has 0 saturated heterocycles. The molecule has 0 amide bonds. The average molecular weight is 217 g/mol. The maximum atomic E-state index is 3.66. The number of nitrogens with one attached hydrogen (secondary N) is 1. The van der Waals surface area contributed by atoms with Gasteiger partial charge < -0.3 is 5.32 Å². The monoisotopic (exact) mass is 217 g/mol. The first-order valence-corrected chi connectivity index (χ1v) is 6.39. The summed E-state index contributed by atoms with van der Waals surface area (Å²) in [6.45, 7) is 8.92. The van der Waals surface area contributed by atoms with E-state index in [1.165, 1.54) is 35.1 Å². The second kappa shape index (κ2) is 4.58. The van der Waals surface area contributed by atoms with Gasteiger partial charge in [-0.15, -0.1) is 0 Å². The maximum Gasteiger partial charge on any atom is 0.00818 e. The molecule has 1 saturated carbocycles. The summed E-state index contributed by atoms with van der Waals surface area (Å²) in [5, 5.41) is 3.66. The van der Waals surface area contributed by atoms with Crippen molar-refractivity contribution >= 4 is 0 Å². The highest BCUT2D eigenvalue weighted by Gasteiger charge is 2.22. The van der Waals surface area contributed by atoms with Gasteiger partial charge in [0, 0.05) is 12.1 Å². The predicted molar refractivity (Wildman–Crippen MR) is 70.0 cm³/mol. The second-order valence-electron chi connectivity index (χ2n) is 5.41. The minimum Gasteiger partial charge on any atom is -0.311 e. The van der Waals surface area contributed by atoms with E-state index < -0.39 is 0 Å². The fourth-order valence-electron chi connectivity index (χ4n) is 2.28. The molecule has 1 fully saturated rings. The Morgan fingerprint density at radius 2 is 1.75 bits per heavy atom. The van der Waals surface area contributed by atoms with Gasteiger partial charge in [0.1, 0.15) is 0 Å². The lowest BCUT2D eigenvalue weighted by atomic mass is 9.96. The normalized spacial score (nSPS) is 17.5. The molecule has 1 unspecified atom stereocenters. The number of rotatable bonds is 4. The number of hydrogen-bond donors (Lipinski definition) is 1. The molecule has 1 aliphatic rings. The Morgan fingerprint density at radius 1 is 1.12 bits per heavy atom. The molecule has 0 radical (unpaired) electrons. The molecule has 1 atom stereocenters. The van der Waals surface area contributed by atoms with E-state index in [0.717, 1.165) is 12.5 Å². The Balaban J connectivity index is 2.04. The van der Waals surface area contributed by atoms with Crippen LogP contribution >= 0.6 is 0 Å². The lowest BCUT2D eigenvalue weighted by Crippen LogP contribution is -2.30. The van der Waals surface area contributed by atoms with Gasteiger partial charge in [0.15, 0.2) is 0 Å². The fourth-order valence-corrected chi connectivity index (χ4v) is 2.28. The third-order valence-electron chi connectivity index (χ3n) is 3.58. The molecule has 0 heterocycles. The van der Waals surface area contributed by atoms with Crippen molar-refractivity contribution in [2.24, 2.45) is 0 Å². The van der Waals surface area contributed by atoms with Crippen LogP contribution in [0.15, 0.2) is 12.1 Å². The topological polar surface area (TPSA) is 12.0 Å². The van der Waals surface area contributed by atoms with Crippen LogP contribution < -0.4 is 5.32 Å². The van der Waals surface area contributed by atoms with Crippen LogP contribution in [0.1, 0.15) is 42.0 Å². The maximum absolute atomic E-state index is 3.66. The van der Waals surface area contributed by atoms with Crippen molar-refractivity contribution in [3.05, 3.63) is 34.4 Å². The van der Waals surface area contributed by atoms with Crippen LogP contribution in [0.5, 0.6) is 0 Å². The van der Waals surface area contributed by atoms with Gasteiger partial charge in [0.2, 0.25) is 0 Å². The highest BCUT2D eigenvalue weighted by molar-refractivity contribution is 5.36. The minimum atomic E-state index is 0.605. The van der Waals surface area contributed by atoms with Crippen molar-refractivity contribution in [3.63, 3.8) is 0 Å². The Labute approximate surface area is 99.3 Å². The predicted octanol–water partition coefficient (Wildman–Crippen LogP) is 3.29. The molecule has 0 bridgehead atoms. The van der Waals surface area contributed by atoms with Crippen LogP contribution in [0, 0.1) is 20.8 Å². The quantitative estimate of drug-likeness (QED) is 0.816. The van der Waals surface area contributed by atoms with Crippen LogP contribution in [0.3, 0.4) is 0 Å². The Kier molecular flexibility index (Phi) is 3.34. The van der Waals surface area contributed by atoms with Gasteiger partial charge in [-0.2, -0.15) is 0 Å². The van der Waals surface area contributed by atoms with E-state index in [1.807, 2.05) is 0 Å². The number of hydrogen-bond acceptors (Lipinski definition) is 1. The molecule has 0 aromatic heterocycles. The molecule has 1 aliphatic carbocycles. The summed E-state index contributed by atoms with van der Waals surface area (Å²) in [7, 11) is 0. The van der Waals surface area contributed by atoms with Crippen LogP contribution in [0.25, 0.3) is 0 Å². The molecule has 1 N–H and O–H groups in total. The van der Waals surface area contributed by atoms with Gasteiger partial charge in [-0.05, 0) is 69.2 Å². The summed E-state index contributed by atoms with van der Waals surface area (Å²) < 4.78 is 0. The summed E-state index contributed by atoms with van der Waals surface area (Å²) >= 11 is 0. The summed E-state index contributed by atoms with van der Waals surface area (Å²) in [6, 6.07) is 6.08. The average Bonchev–Trinajstić information content (AvgIpc) is 2.98. The Bertz CT molecular complexity index is 377. The molecule has 2 rings (SSSR count). The van der Waals surface area contributed by atoms with E-state index in [-0.39, 0.29) is 0 Å². The minimum absolute atomic E-state index is 0.605. The lowest BCUT2D eigenvalue weighted by Gasteiger charge is -2.16. The van der Waals surface area contributed by atoms with Crippen LogP contribution in [0.4, 0.5) is 0 Å². The van der Waals surface area contributed by atoms with Crippen molar-refractivity contribution in [1.29, 1.82) is 0 Å². The number of aryl methyl sites for hydroxylation is 3. The van der Waals surface area contributed by atoms with E-state index in [1.54, 1.807) is 0 Å². The number of benzene rings is 1. The van der Waals surface area contributed by atoms with Crippen molar-refractivity contribution in [2.45, 2.75) is 59.0 Å². The summed E-state index contributed by atoms with van der Waals surface area (Å²) in [5.74, 6) is 0. The first-order valence-electron chi connectivity index (χ1n) is 6.39. The van der Waals surface area contributed by atoms with E-state index in [0.29, 0.717) is 6.04 Å². The first-order chi connectivity index (χ1) is 7.56. The van der Waals surface area contributed by atoms with Crippen molar-refractivity contribution in [3.8, 4) is 0 Å². The van der Waals surface area contributed by atoms with Gasteiger partial charge in [0.05, 0.1) is 0 Å². The molecule has 1 aromatic carbocycles. The standard InChI is InChI=1S/C15H23N/c1-10-7-12(3)14(8-11(10)2)9-13(4)16-15-5-6-15/h7-8,13,15-16H,5-6,9H2,1-4H3. The molecule has 88 valence electrons. The zero-order valence-electron chi connectivity index (χ0n) is 10.9. The summed E-state index contributed by atoms with van der Waals surface area (Å²) in [6.07, 6.45) is 3.90. The van der Waals surface area contributed by atoms with Gasteiger partial charge in [0.25, 0.3) is 0 Å². The molecule has 1 aromatic rings. The van der Waals surface area contributed by atoms with E-state index in [4.69, 9.17) is 0 Å². The van der Waals surface area contributed by atoms with Crippen LogP contribution in [-0.2, 0) is 6.42 Å². The molecule has 16 heavy (non-hydrogen) atoms. The third kappa shape index (κ3) is 2.85. The van der Waals surface area contributed by atoms with Crippen LogP contribution in [-0.4, -0.2) is 12.1 Å². The SMILES string of the molecule is Cc1cc(C)c(CC(C)NC2CC2)cc1C. The van der Waals surface area contributed by atoms with Crippen molar-refractivity contribution in [1.82, 2.24) is 5.32 Å². The summed E-state index contributed by atoms with van der Waals surface area (Å²) in [5.41, 5.74) is 5.76. The van der Waals surface area contributed by atoms with Crippen molar-refractivity contribution in [2.75, 3.05) is 0 Å². The molecular formula is C15H23N.